The molecular formula is C48H36N2O. The molecular weight excluding hydrogens is 621 g/mol. The SMILES string of the molecule is C1=CC(c2ccccc2)=CCC(C2=NC(c3cccc(C45c6ccccc6OC6C=CC=C(c7ccccc74)C65)c3)NC(c3ccccc3)=C2)=C1. The first-order valence-corrected chi connectivity index (χ1v) is 17.9. The number of benzene rings is 5. The first kappa shape index (κ1) is 29.7. The molecule has 4 unspecified atom stereocenters. The summed E-state index contributed by atoms with van der Waals surface area (Å²) in [7, 11) is 0. The summed E-state index contributed by atoms with van der Waals surface area (Å²) < 4.78 is 6.75. The van der Waals surface area contributed by atoms with Gasteiger partial charge in [-0.25, -0.2) is 0 Å². The van der Waals surface area contributed by atoms with Crippen LogP contribution in [0, 0.1) is 5.92 Å². The summed E-state index contributed by atoms with van der Waals surface area (Å²) in [6.07, 6.45) is 18.3. The molecule has 5 aromatic rings. The van der Waals surface area contributed by atoms with Crippen molar-refractivity contribution in [3.8, 4) is 5.75 Å². The Bertz CT molecular complexity index is 2410. The third kappa shape index (κ3) is 4.76. The molecule has 10 rings (SSSR count). The van der Waals surface area contributed by atoms with Crippen LogP contribution in [0.4, 0.5) is 0 Å². The van der Waals surface area contributed by atoms with Crippen molar-refractivity contribution in [2.45, 2.75) is 24.1 Å². The number of rotatable bonds is 5. The third-order valence-electron chi connectivity index (χ3n) is 11.1. The van der Waals surface area contributed by atoms with E-state index >= 15 is 0 Å². The fourth-order valence-electron chi connectivity index (χ4n) is 8.86. The van der Waals surface area contributed by atoms with Crippen molar-refractivity contribution >= 4 is 22.6 Å². The van der Waals surface area contributed by atoms with Crippen LogP contribution in [-0.4, -0.2) is 11.8 Å². The highest BCUT2D eigenvalue weighted by atomic mass is 16.5. The summed E-state index contributed by atoms with van der Waals surface area (Å²) in [5.74, 6) is 1.07. The van der Waals surface area contributed by atoms with Crippen LogP contribution >= 0.6 is 0 Å². The zero-order chi connectivity index (χ0) is 33.8. The molecule has 3 heteroatoms. The lowest BCUT2D eigenvalue weighted by molar-refractivity contribution is 0.151. The van der Waals surface area contributed by atoms with Gasteiger partial charge in [0, 0.05) is 17.2 Å². The molecule has 0 amide bonds. The smallest absolute Gasteiger partial charge is 0.145 e. The number of nitrogens with one attached hydrogen (secondary N) is 1. The van der Waals surface area contributed by atoms with Crippen molar-refractivity contribution in [3.63, 3.8) is 0 Å². The Balaban J connectivity index is 1.11. The van der Waals surface area contributed by atoms with Crippen molar-refractivity contribution in [2.75, 3.05) is 0 Å². The van der Waals surface area contributed by atoms with E-state index in [9.17, 15) is 0 Å². The molecule has 0 radical (unpaired) electrons. The summed E-state index contributed by atoms with van der Waals surface area (Å²) >= 11 is 0. The number of para-hydroxylation sites is 1. The van der Waals surface area contributed by atoms with Crippen LogP contribution in [0.3, 0.4) is 0 Å². The van der Waals surface area contributed by atoms with Crippen LogP contribution in [-0.2, 0) is 5.41 Å². The van der Waals surface area contributed by atoms with Crippen LogP contribution in [0.25, 0.3) is 16.8 Å². The summed E-state index contributed by atoms with van der Waals surface area (Å²) in [6, 6.07) is 48.0. The van der Waals surface area contributed by atoms with Crippen LogP contribution < -0.4 is 10.1 Å². The minimum atomic E-state index is -0.407. The van der Waals surface area contributed by atoms with Gasteiger partial charge in [-0.1, -0.05) is 164 Å². The Hall–Kier alpha value is -6.19. The fraction of sp³-hybridized carbons (Fsp3) is 0.104. The van der Waals surface area contributed by atoms with Crippen LogP contribution in [0.1, 0.15) is 51.5 Å². The number of fused-ring (bicyclic) bond motifs is 5. The number of aliphatic imine (C=N–C) groups is 1. The van der Waals surface area contributed by atoms with E-state index in [-0.39, 0.29) is 18.2 Å². The van der Waals surface area contributed by atoms with Gasteiger partial charge in [0.2, 0.25) is 0 Å². The second-order valence-corrected chi connectivity index (χ2v) is 13.8. The lowest BCUT2D eigenvalue weighted by atomic mass is 9.60. The van der Waals surface area contributed by atoms with E-state index in [1.54, 1.807) is 0 Å². The monoisotopic (exact) mass is 656 g/mol. The highest BCUT2D eigenvalue weighted by Crippen LogP contribution is 2.63. The first-order valence-electron chi connectivity index (χ1n) is 17.9. The van der Waals surface area contributed by atoms with Gasteiger partial charge in [-0.05, 0) is 74.7 Å². The van der Waals surface area contributed by atoms with Gasteiger partial charge in [0.25, 0.3) is 0 Å². The van der Waals surface area contributed by atoms with Crippen molar-refractivity contribution < 1.29 is 4.74 Å². The van der Waals surface area contributed by atoms with Gasteiger partial charge in [-0.15, -0.1) is 0 Å². The van der Waals surface area contributed by atoms with E-state index in [4.69, 9.17) is 9.73 Å². The van der Waals surface area contributed by atoms with Crippen LogP contribution in [0.5, 0.6) is 5.75 Å². The van der Waals surface area contributed by atoms with Crippen molar-refractivity contribution in [2.24, 2.45) is 10.9 Å². The van der Waals surface area contributed by atoms with Gasteiger partial charge >= 0.3 is 0 Å². The maximum absolute atomic E-state index is 6.75. The average molecular weight is 657 g/mol. The second kappa shape index (κ2) is 12.0. The number of nitrogens with zero attached hydrogens (tertiary/aromatic N) is 1. The molecule has 5 aliphatic rings. The maximum atomic E-state index is 6.75. The summed E-state index contributed by atoms with van der Waals surface area (Å²) in [5, 5.41) is 3.84. The minimum absolute atomic E-state index is 0.0648. The molecule has 3 aliphatic carbocycles. The molecule has 3 nitrogen and oxygen atoms in total. The third-order valence-corrected chi connectivity index (χ3v) is 11.1. The van der Waals surface area contributed by atoms with E-state index in [0.717, 1.165) is 34.7 Å². The van der Waals surface area contributed by atoms with E-state index in [2.05, 4.69) is 187 Å². The molecule has 0 spiro atoms. The number of allylic oxidation sites excluding steroid dienone is 9. The molecule has 0 fully saturated rings. The van der Waals surface area contributed by atoms with Gasteiger partial charge in [-0.3, -0.25) is 4.99 Å². The normalized spacial score (nSPS) is 23.8. The van der Waals surface area contributed by atoms with Crippen LogP contribution in [0.15, 0.2) is 193 Å². The molecule has 51 heavy (non-hydrogen) atoms. The quantitative estimate of drug-likeness (QED) is 0.204. The maximum Gasteiger partial charge on any atom is 0.145 e. The highest BCUT2D eigenvalue weighted by Gasteiger charge is 2.58. The molecule has 244 valence electrons. The Morgan fingerprint density at radius 3 is 2.33 bits per heavy atom. The minimum Gasteiger partial charge on any atom is -0.485 e. The van der Waals surface area contributed by atoms with E-state index in [0.29, 0.717) is 0 Å². The molecule has 5 aromatic carbocycles. The number of ether oxygens (including phenoxy) is 1. The Kier molecular flexibility index (Phi) is 6.99. The topological polar surface area (TPSA) is 33.6 Å². The van der Waals surface area contributed by atoms with E-state index in [1.165, 1.54) is 44.5 Å². The van der Waals surface area contributed by atoms with E-state index in [1.807, 2.05) is 0 Å². The van der Waals surface area contributed by atoms with Gasteiger partial charge in [0.15, 0.2) is 0 Å². The molecule has 0 saturated heterocycles. The molecule has 0 bridgehead atoms. The molecule has 0 saturated carbocycles. The number of hydrogen-bond acceptors (Lipinski definition) is 3. The zero-order valence-electron chi connectivity index (χ0n) is 28.1. The van der Waals surface area contributed by atoms with E-state index < -0.39 is 5.41 Å². The molecule has 1 N–H and O–H groups in total. The van der Waals surface area contributed by atoms with Gasteiger partial charge in [0.05, 0.1) is 11.1 Å². The first-order chi connectivity index (χ1) is 25.3. The highest BCUT2D eigenvalue weighted by molar-refractivity contribution is 6.13. The summed E-state index contributed by atoms with van der Waals surface area (Å²) in [4.78, 5) is 5.46. The predicted octanol–water partition coefficient (Wildman–Crippen LogP) is 10.4. The standard InChI is InChI=1S/C48H36N2O/c1-3-14-32(15-4-1)33-18-11-19-35(29-28-33)43-31-42(34-16-5-2-6-17-34)49-47(50-43)36-20-12-21-37(30-36)48-40-24-8-7-22-38(40)39-23-13-27-45(46(39)48)51-44-26-10-9-25-41(44)48/h1-28,30-31,45-47,49H,29H2. The van der Waals surface area contributed by atoms with Crippen molar-refractivity contribution in [3.05, 3.63) is 227 Å². The Labute approximate surface area is 299 Å². The average Bonchev–Trinajstić information content (AvgIpc) is 3.31. The molecule has 2 aliphatic heterocycles. The van der Waals surface area contributed by atoms with Crippen molar-refractivity contribution in [1.82, 2.24) is 5.32 Å². The lowest BCUT2D eigenvalue weighted by Crippen LogP contribution is -2.47. The Morgan fingerprint density at radius 1 is 0.706 bits per heavy atom. The zero-order valence-corrected chi connectivity index (χ0v) is 28.1. The lowest BCUT2D eigenvalue weighted by Gasteiger charge is -2.46. The predicted molar refractivity (Wildman–Crippen MR) is 208 cm³/mol. The Morgan fingerprint density at radius 2 is 1.47 bits per heavy atom. The van der Waals surface area contributed by atoms with Crippen molar-refractivity contribution in [1.29, 1.82) is 0 Å². The fourth-order valence-corrected chi connectivity index (χ4v) is 8.86. The number of hydrogen-bond donors (Lipinski definition) is 1. The second-order valence-electron chi connectivity index (χ2n) is 13.8. The van der Waals surface area contributed by atoms with Crippen LogP contribution in [0.2, 0.25) is 0 Å². The largest absolute Gasteiger partial charge is 0.485 e. The molecule has 4 atom stereocenters. The van der Waals surface area contributed by atoms with Gasteiger partial charge in [0.1, 0.15) is 18.0 Å². The van der Waals surface area contributed by atoms with Gasteiger partial charge in [-0.2, -0.15) is 0 Å². The van der Waals surface area contributed by atoms with Gasteiger partial charge < -0.3 is 10.1 Å². The molecule has 0 aromatic heterocycles. The summed E-state index contributed by atoms with van der Waals surface area (Å²) in [6.45, 7) is 0. The molecule has 2 heterocycles. The summed E-state index contributed by atoms with van der Waals surface area (Å²) in [5.41, 5.74) is 14.1.